The van der Waals surface area contributed by atoms with Gasteiger partial charge in [-0.15, -0.1) is 0 Å². The van der Waals surface area contributed by atoms with Crippen molar-refractivity contribution in [3.05, 3.63) is 23.2 Å². The van der Waals surface area contributed by atoms with Gasteiger partial charge in [0.25, 0.3) is 0 Å². The van der Waals surface area contributed by atoms with E-state index >= 15 is 0 Å². The number of methoxy groups -OCH3 is 2. The largest absolute Gasteiger partial charge is 0.493 e. The number of rotatable bonds is 2. The molecule has 0 amide bonds. The van der Waals surface area contributed by atoms with Gasteiger partial charge in [0.15, 0.2) is 11.5 Å². The van der Waals surface area contributed by atoms with Gasteiger partial charge >= 0.3 is 5.97 Å². The Labute approximate surface area is 165 Å². The van der Waals surface area contributed by atoms with E-state index < -0.39 is 22.9 Å². The van der Waals surface area contributed by atoms with E-state index in [0.717, 1.165) is 5.57 Å². The van der Waals surface area contributed by atoms with Gasteiger partial charge in [-0.1, -0.05) is 20.8 Å². The van der Waals surface area contributed by atoms with Crippen LogP contribution in [-0.4, -0.2) is 37.9 Å². The lowest BCUT2D eigenvalue weighted by Crippen LogP contribution is -2.69. The second kappa shape index (κ2) is 5.94. The topological polar surface area (TPSA) is 78.9 Å². The summed E-state index contributed by atoms with van der Waals surface area (Å²) >= 11 is 0. The number of fused-ring (bicyclic) bond motifs is 2. The average Bonchev–Trinajstić information content (AvgIpc) is 2.63. The third-order valence-electron chi connectivity index (χ3n) is 8.10. The zero-order valence-electron chi connectivity index (χ0n) is 17.3. The standard InChI is InChI=1S/C22H28O6/c1-10-7-14(26-5)20(25)22(4)12(10)8-15-21(3)13(9-16(23)28-15)11(2)18(27-6)17(24)19(21)22/h7,10,12-13,15,19H,8-9H2,1-6H3/t10-,12+,13+,15-,19+,21-,22+/m0/s1. The molecule has 1 saturated heterocycles. The smallest absolute Gasteiger partial charge is 0.306 e. The highest BCUT2D eigenvalue weighted by molar-refractivity contribution is 6.07. The number of hydrogen-bond donors (Lipinski definition) is 0. The van der Waals surface area contributed by atoms with Crippen molar-refractivity contribution < 1.29 is 28.6 Å². The minimum absolute atomic E-state index is 0.0204. The highest BCUT2D eigenvalue weighted by Gasteiger charge is 2.72. The van der Waals surface area contributed by atoms with Crippen LogP contribution in [0, 0.1) is 34.5 Å². The maximum Gasteiger partial charge on any atom is 0.306 e. The zero-order chi connectivity index (χ0) is 20.6. The summed E-state index contributed by atoms with van der Waals surface area (Å²) in [5, 5.41) is 0. The van der Waals surface area contributed by atoms with Gasteiger partial charge in [0, 0.05) is 22.7 Å². The number of hydrogen-bond acceptors (Lipinski definition) is 6. The lowest BCUT2D eigenvalue weighted by Gasteiger charge is -2.64. The Morgan fingerprint density at radius 2 is 1.82 bits per heavy atom. The minimum Gasteiger partial charge on any atom is -0.493 e. The van der Waals surface area contributed by atoms with Gasteiger partial charge in [-0.25, -0.2) is 0 Å². The SMILES string of the molecule is COC1=C[C@H](C)[C@H]2C[C@@H]3OC(=O)C[C@@H]4C(C)=C(OC)C(=O)[C@@H]([C@]2(C)C1=O)[C@]34C. The number of esters is 1. The molecule has 0 aromatic heterocycles. The van der Waals surface area contributed by atoms with Crippen LogP contribution in [0.4, 0.5) is 0 Å². The zero-order valence-corrected chi connectivity index (χ0v) is 17.3. The number of carbonyl (C=O) groups excluding carboxylic acids is 3. The lowest BCUT2D eigenvalue weighted by atomic mass is 9.40. The summed E-state index contributed by atoms with van der Waals surface area (Å²) in [6.07, 6.45) is 2.21. The molecule has 1 aliphatic heterocycles. The van der Waals surface area contributed by atoms with Crippen LogP contribution in [0.5, 0.6) is 0 Å². The van der Waals surface area contributed by atoms with E-state index in [4.69, 9.17) is 14.2 Å². The van der Waals surface area contributed by atoms with Gasteiger partial charge in [0.2, 0.25) is 11.6 Å². The van der Waals surface area contributed by atoms with Crippen LogP contribution in [-0.2, 0) is 28.6 Å². The van der Waals surface area contributed by atoms with Gasteiger partial charge in [-0.05, 0) is 36.8 Å². The van der Waals surface area contributed by atoms with Crippen molar-refractivity contribution in [3.63, 3.8) is 0 Å². The minimum atomic E-state index is -0.936. The molecular weight excluding hydrogens is 360 g/mol. The molecule has 0 aromatic rings. The number of allylic oxidation sites excluding steroid dienone is 4. The van der Waals surface area contributed by atoms with Crippen molar-refractivity contribution in [2.75, 3.05) is 14.2 Å². The molecule has 6 nitrogen and oxygen atoms in total. The molecule has 6 heteroatoms. The molecule has 4 rings (SSSR count). The molecule has 3 aliphatic carbocycles. The molecule has 0 bridgehead atoms. The van der Waals surface area contributed by atoms with Crippen LogP contribution in [0.3, 0.4) is 0 Å². The molecule has 7 atom stereocenters. The van der Waals surface area contributed by atoms with Crippen molar-refractivity contribution >= 4 is 17.5 Å². The Kier molecular flexibility index (Phi) is 4.08. The van der Waals surface area contributed by atoms with Crippen LogP contribution in [0.2, 0.25) is 0 Å². The predicted molar refractivity (Wildman–Crippen MR) is 99.8 cm³/mol. The first kappa shape index (κ1) is 19.2. The Hall–Kier alpha value is -2.11. The Morgan fingerprint density at radius 1 is 1.14 bits per heavy atom. The molecule has 1 heterocycles. The molecule has 0 unspecified atom stereocenters. The van der Waals surface area contributed by atoms with Crippen LogP contribution < -0.4 is 0 Å². The quantitative estimate of drug-likeness (QED) is 0.677. The first-order valence-electron chi connectivity index (χ1n) is 9.91. The van der Waals surface area contributed by atoms with Gasteiger partial charge in [0.1, 0.15) is 6.10 Å². The number of carbonyl (C=O) groups is 3. The fourth-order valence-corrected chi connectivity index (χ4v) is 6.81. The summed E-state index contributed by atoms with van der Waals surface area (Å²) < 4.78 is 16.7. The molecule has 0 aromatic carbocycles. The summed E-state index contributed by atoms with van der Waals surface area (Å²) in [6.45, 7) is 7.80. The van der Waals surface area contributed by atoms with E-state index in [-0.39, 0.29) is 47.5 Å². The van der Waals surface area contributed by atoms with Crippen LogP contribution >= 0.6 is 0 Å². The number of ketones is 2. The van der Waals surface area contributed by atoms with E-state index in [2.05, 4.69) is 0 Å². The molecule has 2 fully saturated rings. The van der Waals surface area contributed by atoms with Gasteiger partial charge in [0.05, 0.1) is 20.6 Å². The maximum atomic E-state index is 13.7. The molecule has 0 N–H and O–H groups in total. The van der Waals surface area contributed by atoms with Crippen LogP contribution in [0.1, 0.15) is 40.5 Å². The molecule has 28 heavy (non-hydrogen) atoms. The normalized spacial score (nSPS) is 45.0. The van der Waals surface area contributed by atoms with E-state index in [1.807, 2.05) is 33.8 Å². The van der Waals surface area contributed by atoms with E-state index in [1.54, 1.807) is 0 Å². The second-order valence-electron chi connectivity index (χ2n) is 9.16. The Morgan fingerprint density at radius 3 is 2.43 bits per heavy atom. The van der Waals surface area contributed by atoms with Crippen molar-refractivity contribution in [1.29, 1.82) is 0 Å². The fourth-order valence-electron chi connectivity index (χ4n) is 6.81. The average molecular weight is 388 g/mol. The summed E-state index contributed by atoms with van der Waals surface area (Å²) in [7, 11) is 2.97. The third-order valence-corrected chi connectivity index (χ3v) is 8.10. The molecular formula is C22H28O6. The maximum absolute atomic E-state index is 13.7. The van der Waals surface area contributed by atoms with Crippen molar-refractivity contribution in [3.8, 4) is 0 Å². The highest BCUT2D eigenvalue weighted by atomic mass is 16.5. The van der Waals surface area contributed by atoms with E-state index in [1.165, 1.54) is 14.2 Å². The van der Waals surface area contributed by atoms with E-state index in [9.17, 15) is 14.4 Å². The molecule has 1 saturated carbocycles. The predicted octanol–water partition coefficient (Wildman–Crippen LogP) is 2.82. The summed E-state index contributed by atoms with van der Waals surface area (Å²) in [5.74, 6) is -0.854. The summed E-state index contributed by atoms with van der Waals surface area (Å²) in [4.78, 5) is 39.6. The van der Waals surface area contributed by atoms with Crippen LogP contribution in [0.25, 0.3) is 0 Å². The van der Waals surface area contributed by atoms with Crippen molar-refractivity contribution in [2.45, 2.75) is 46.6 Å². The Bertz CT molecular complexity index is 838. The van der Waals surface area contributed by atoms with E-state index in [0.29, 0.717) is 12.2 Å². The molecule has 4 aliphatic rings. The van der Waals surface area contributed by atoms with Crippen LogP contribution in [0.15, 0.2) is 23.2 Å². The third kappa shape index (κ3) is 2.06. The highest BCUT2D eigenvalue weighted by Crippen LogP contribution is 2.67. The van der Waals surface area contributed by atoms with Gasteiger partial charge in [-0.2, -0.15) is 0 Å². The Balaban J connectivity index is 1.99. The molecule has 0 spiro atoms. The van der Waals surface area contributed by atoms with Crippen molar-refractivity contribution in [1.82, 2.24) is 0 Å². The fraction of sp³-hybridized carbons (Fsp3) is 0.682. The molecule has 152 valence electrons. The second-order valence-corrected chi connectivity index (χ2v) is 9.16. The number of ether oxygens (including phenoxy) is 3. The monoisotopic (exact) mass is 388 g/mol. The summed E-state index contributed by atoms with van der Waals surface area (Å²) in [5.41, 5.74) is -0.795. The lowest BCUT2D eigenvalue weighted by molar-refractivity contribution is -0.217. The van der Waals surface area contributed by atoms with Gasteiger partial charge < -0.3 is 14.2 Å². The van der Waals surface area contributed by atoms with Gasteiger partial charge in [-0.3, -0.25) is 14.4 Å². The summed E-state index contributed by atoms with van der Waals surface area (Å²) in [6, 6.07) is 0. The van der Waals surface area contributed by atoms with Crippen molar-refractivity contribution in [2.24, 2.45) is 34.5 Å². The first-order valence-corrected chi connectivity index (χ1v) is 9.91. The number of Topliss-reactive ketones (excluding diaryl/α,β-unsaturated/α-hetero) is 2. The first-order chi connectivity index (χ1) is 13.1. The molecule has 0 radical (unpaired) electrons.